The molecule has 0 atom stereocenters. The number of carbonyl (C=O) groups is 3. The monoisotopic (exact) mass is 503 g/mol. The Morgan fingerprint density at radius 3 is 2.26 bits per heavy atom. The van der Waals surface area contributed by atoms with Gasteiger partial charge in [0.2, 0.25) is 5.91 Å². The number of methoxy groups -OCH3 is 1. The molecule has 3 rings (SSSR count). The number of hydrogen-bond donors (Lipinski definition) is 4. The molecule has 0 saturated carbocycles. The number of thiazole rings is 1. The summed E-state index contributed by atoms with van der Waals surface area (Å²) in [5.74, 6) is -0.708. The van der Waals surface area contributed by atoms with E-state index in [2.05, 4.69) is 36.9 Å². The van der Waals surface area contributed by atoms with E-state index in [0.29, 0.717) is 22.1 Å². The van der Waals surface area contributed by atoms with Gasteiger partial charge in [-0.05, 0) is 48.5 Å². The zero-order chi connectivity index (χ0) is 22.4. The van der Waals surface area contributed by atoms with Gasteiger partial charge in [0.15, 0.2) is 10.8 Å². The first-order valence-electron chi connectivity index (χ1n) is 8.88. The molecule has 0 aliphatic rings. The number of ether oxygens (including phenoxy) is 1. The van der Waals surface area contributed by atoms with E-state index in [1.54, 1.807) is 55.6 Å². The van der Waals surface area contributed by atoms with Crippen molar-refractivity contribution >= 4 is 66.5 Å². The van der Waals surface area contributed by atoms with Gasteiger partial charge in [0.25, 0.3) is 11.8 Å². The second-order valence-corrected chi connectivity index (χ2v) is 7.69. The molecule has 0 fully saturated rings. The normalized spacial score (nSPS) is 10.3. The second-order valence-electron chi connectivity index (χ2n) is 6.13. The van der Waals surface area contributed by atoms with Crippen LogP contribution in [-0.2, 0) is 4.79 Å². The first-order valence-corrected chi connectivity index (χ1v) is 10.8. The number of hydrogen-bond acceptors (Lipinski definition) is 7. The predicted octanol–water partition coefficient (Wildman–Crippen LogP) is 3.58. The van der Waals surface area contributed by atoms with Gasteiger partial charge >= 0.3 is 0 Å². The van der Waals surface area contributed by atoms with Crippen LogP contribution in [-0.4, -0.2) is 35.1 Å². The predicted molar refractivity (Wildman–Crippen MR) is 124 cm³/mol. The van der Waals surface area contributed by atoms with E-state index in [1.807, 2.05) is 0 Å². The van der Waals surface area contributed by atoms with Crippen LogP contribution in [0.1, 0.15) is 20.8 Å². The highest BCUT2D eigenvalue weighted by Crippen LogP contribution is 2.31. The van der Waals surface area contributed by atoms with Crippen molar-refractivity contribution in [3.8, 4) is 5.75 Å². The molecule has 1 aromatic heterocycles. The Morgan fingerprint density at radius 1 is 1.03 bits per heavy atom. The summed E-state index contributed by atoms with van der Waals surface area (Å²) in [6.45, 7) is 0. The lowest BCUT2D eigenvalue weighted by Gasteiger charge is -2.06. The highest BCUT2D eigenvalue weighted by molar-refractivity contribution is 9.09. The van der Waals surface area contributed by atoms with Crippen molar-refractivity contribution in [1.29, 1.82) is 0 Å². The third-order valence-corrected chi connectivity index (χ3v) is 5.38. The van der Waals surface area contributed by atoms with Crippen LogP contribution >= 0.6 is 27.3 Å². The van der Waals surface area contributed by atoms with Crippen LogP contribution in [0.5, 0.6) is 5.75 Å². The van der Waals surface area contributed by atoms with E-state index in [4.69, 9.17) is 10.5 Å². The number of anilines is 4. The highest BCUT2D eigenvalue weighted by Gasteiger charge is 2.19. The number of carbonyl (C=O) groups excluding carboxylic acids is 3. The summed E-state index contributed by atoms with van der Waals surface area (Å²) in [5.41, 5.74) is 7.00. The molecule has 5 N–H and O–H groups in total. The molecule has 11 heteroatoms. The van der Waals surface area contributed by atoms with Crippen molar-refractivity contribution < 1.29 is 19.1 Å². The number of nitrogens with zero attached hydrogens (tertiary/aromatic N) is 1. The summed E-state index contributed by atoms with van der Waals surface area (Å²) >= 11 is 4.15. The van der Waals surface area contributed by atoms with Crippen LogP contribution in [0.25, 0.3) is 0 Å². The van der Waals surface area contributed by atoms with Gasteiger partial charge in [0.1, 0.15) is 10.8 Å². The average molecular weight is 504 g/mol. The van der Waals surface area contributed by atoms with Gasteiger partial charge in [-0.15, -0.1) is 0 Å². The number of primary amides is 1. The number of aromatic nitrogens is 1. The number of nitrogens with one attached hydrogen (secondary N) is 3. The van der Waals surface area contributed by atoms with Gasteiger partial charge in [0, 0.05) is 16.9 Å². The Hall–Kier alpha value is -3.44. The maximum absolute atomic E-state index is 12.6. The molecule has 160 valence electrons. The first-order chi connectivity index (χ1) is 14.9. The van der Waals surface area contributed by atoms with Gasteiger partial charge in [0.05, 0.1) is 12.4 Å². The van der Waals surface area contributed by atoms with E-state index < -0.39 is 11.8 Å². The van der Waals surface area contributed by atoms with Crippen molar-refractivity contribution in [1.82, 2.24) is 4.98 Å². The average Bonchev–Trinajstić information content (AvgIpc) is 3.17. The van der Waals surface area contributed by atoms with Gasteiger partial charge in [-0.25, -0.2) is 4.98 Å². The highest BCUT2D eigenvalue weighted by atomic mass is 79.9. The summed E-state index contributed by atoms with van der Waals surface area (Å²) in [4.78, 5) is 40.0. The summed E-state index contributed by atoms with van der Waals surface area (Å²) in [6.07, 6.45) is 0. The number of alkyl halides is 1. The van der Waals surface area contributed by atoms with Crippen LogP contribution in [0.3, 0.4) is 0 Å². The molecular weight excluding hydrogens is 486 g/mol. The lowest BCUT2D eigenvalue weighted by Crippen LogP contribution is -2.17. The number of rotatable bonds is 8. The minimum absolute atomic E-state index is 0.0458. The molecule has 0 aliphatic heterocycles. The van der Waals surface area contributed by atoms with Gasteiger partial charge < -0.3 is 26.4 Å². The van der Waals surface area contributed by atoms with Crippen molar-refractivity contribution in [2.45, 2.75) is 0 Å². The Labute approximate surface area is 190 Å². The van der Waals surface area contributed by atoms with Gasteiger partial charge in [-0.3, -0.25) is 14.4 Å². The molecule has 0 spiro atoms. The van der Waals surface area contributed by atoms with Crippen LogP contribution in [0.4, 0.5) is 21.5 Å². The third-order valence-electron chi connectivity index (χ3n) is 3.98. The largest absolute Gasteiger partial charge is 0.497 e. The van der Waals surface area contributed by atoms with E-state index in [-0.39, 0.29) is 21.9 Å². The second kappa shape index (κ2) is 10.0. The summed E-state index contributed by atoms with van der Waals surface area (Å²) in [6, 6.07) is 13.5. The van der Waals surface area contributed by atoms with Crippen molar-refractivity contribution in [3.05, 3.63) is 59.8 Å². The Balaban J connectivity index is 1.74. The molecular formula is C20H18BrN5O4S. The maximum atomic E-state index is 12.6. The molecule has 9 nitrogen and oxygen atoms in total. The molecule has 3 aromatic rings. The third kappa shape index (κ3) is 5.80. The lowest BCUT2D eigenvalue weighted by atomic mass is 10.2. The summed E-state index contributed by atoms with van der Waals surface area (Å²) < 4.78 is 5.12. The first kappa shape index (κ1) is 22.2. The van der Waals surface area contributed by atoms with E-state index in [0.717, 1.165) is 17.0 Å². The topological polar surface area (TPSA) is 135 Å². The number of nitrogens with two attached hydrogens (primary N) is 1. The smallest absolute Gasteiger partial charge is 0.270 e. The van der Waals surface area contributed by atoms with Crippen LogP contribution < -0.4 is 26.4 Å². The Kier molecular flexibility index (Phi) is 7.21. The van der Waals surface area contributed by atoms with E-state index >= 15 is 0 Å². The van der Waals surface area contributed by atoms with Crippen molar-refractivity contribution in [3.63, 3.8) is 0 Å². The molecule has 2 aromatic carbocycles. The van der Waals surface area contributed by atoms with Gasteiger partial charge in [-0.1, -0.05) is 27.3 Å². The molecule has 0 aliphatic carbocycles. The van der Waals surface area contributed by atoms with E-state index in [9.17, 15) is 14.4 Å². The number of halogens is 1. The SMILES string of the molecule is COc1ccc(Nc2nc(C(N)=O)c(NC(=O)c3ccc(NC(=O)CBr)cc3)s2)cc1. The minimum atomic E-state index is -0.762. The lowest BCUT2D eigenvalue weighted by molar-refractivity contribution is -0.113. The molecule has 0 radical (unpaired) electrons. The quantitative estimate of drug-likeness (QED) is 0.347. The minimum Gasteiger partial charge on any atom is -0.497 e. The van der Waals surface area contributed by atoms with Crippen molar-refractivity contribution in [2.24, 2.45) is 5.73 Å². The Bertz CT molecular complexity index is 1100. The number of amides is 3. The Morgan fingerprint density at radius 2 is 1.68 bits per heavy atom. The molecule has 31 heavy (non-hydrogen) atoms. The van der Waals surface area contributed by atoms with Crippen LogP contribution in [0.15, 0.2) is 48.5 Å². The number of benzene rings is 2. The molecule has 0 unspecified atom stereocenters. The summed E-state index contributed by atoms with van der Waals surface area (Å²) in [7, 11) is 1.57. The molecule has 3 amide bonds. The maximum Gasteiger partial charge on any atom is 0.270 e. The van der Waals surface area contributed by atoms with Crippen molar-refractivity contribution in [2.75, 3.05) is 28.4 Å². The zero-order valence-electron chi connectivity index (χ0n) is 16.3. The van der Waals surface area contributed by atoms with Gasteiger partial charge in [-0.2, -0.15) is 0 Å². The van der Waals surface area contributed by atoms with Crippen LogP contribution in [0.2, 0.25) is 0 Å². The molecule has 0 saturated heterocycles. The molecule has 0 bridgehead atoms. The fourth-order valence-electron chi connectivity index (χ4n) is 2.50. The zero-order valence-corrected chi connectivity index (χ0v) is 18.7. The van der Waals surface area contributed by atoms with E-state index in [1.165, 1.54) is 0 Å². The standard InChI is InChI=1S/C20H18BrN5O4S/c1-30-14-8-6-13(7-9-14)24-20-25-16(17(22)28)19(31-20)26-18(29)11-2-4-12(5-3-11)23-15(27)10-21/h2-9H,10H2,1H3,(H2,22,28)(H,23,27)(H,24,25)(H,26,29). The van der Waals surface area contributed by atoms with Crippen LogP contribution in [0, 0.1) is 0 Å². The molecule has 1 heterocycles. The summed E-state index contributed by atoms with van der Waals surface area (Å²) in [5, 5.41) is 9.18. The fourth-order valence-corrected chi connectivity index (χ4v) is 3.52. The fraction of sp³-hybridized carbons (Fsp3) is 0.100.